The Morgan fingerprint density at radius 1 is 1.03 bits per heavy atom. The Labute approximate surface area is 177 Å². The van der Waals surface area contributed by atoms with E-state index in [9.17, 15) is 14.9 Å². The maximum Gasteiger partial charge on any atom is 0.335 e. The van der Waals surface area contributed by atoms with Crippen LogP contribution in [0.25, 0.3) is 11.8 Å². The smallest absolute Gasteiger partial charge is 0.335 e. The van der Waals surface area contributed by atoms with E-state index < -0.39 is 10.9 Å². The highest BCUT2D eigenvalue weighted by Gasteiger charge is 2.14. The van der Waals surface area contributed by atoms with E-state index in [1.807, 2.05) is 6.07 Å². The summed E-state index contributed by atoms with van der Waals surface area (Å²) in [6, 6.07) is 18.4. The van der Waals surface area contributed by atoms with Crippen LogP contribution >= 0.6 is 0 Å². The van der Waals surface area contributed by atoms with Crippen LogP contribution in [-0.4, -0.2) is 32.7 Å². The molecule has 0 bridgehead atoms. The molecule has 1 heterocycles. The minimum atomic E-state index is -0.879. The van der Waals surface area contributed by atoms with Crippen molar-refractivity contribution in [3.63, 3.8) is 0 Å². The van der Waals surface area contributed by atoms with Crippen molar-refractivity contribution in [3.05, 3.63) is 100 Å². The van der Waals surface area contributed by atoms with Crippen molar-refractivity contribution in [2.75, 3.05) is 0 Å². The van der Waals surface area contributed by atoms with Gasteiger partial charge in [0.25, 0.3) is 5.69 Å². The number of carbonyl (C=O) groups is 1. The van der Waals surface area contributed by atoms with Gasteiger partial charge in [0.2, 0.25) is 5.96 Å². The number of rotatable bonds is 6. The Hall–Kier alpha value is -4.73. The van der Waals surface area contributed by atoms with Crippen molar-refractivity contribution in [2.24, 2.45) is 21.7 Å². The van der Waals surface area contributed by atoms with Gasteiger partial charge in [-0.15, -0.1) is 5.10 Å². The molecule has 0 fully saturated rings. The molecule has 0 aliphatic heterocycles. The summed E-state index contributed by atoms with van der Waals surface area (Å²) in [5.74, 6) is -1.01. The molecule has 3 rings (SSSR count). The number of aromatic carboxylic acids is 1. The number of hydrogen-bond donors (Lipinski definition) is 3. The fourth-order valence-electron chi connectivity index (χ4n) is 2.43. The number of para-hydroxylation sites is 2. The highest BCUT2D eigenvalue weighted by atomic mass is 16.6. The van der Waals surface area contributed by atoms with Crippen molar-refractivity contribution in [1.29, 1.82) is 0 Å². The van der Waals surface area contributed by atoms with Crippen LogP contribution in [-0.2, 0) is 0 Å². The van der Waals surface area contributed by atoms with Crippen LogP contribution < -0.4 is 11.5 Å². The zero-order valence-electron chi connectivity index (χ0n) is 16.3. The number of aromatic nitrogens is 1. The predicted octanol–water partition coefficient (Wildman–Crippen LogP) is 3.04. The highest BCUT2D eigenvalue weighted by molar-refractivity contribution is 5.87. The van der Waals surface area contributed by atoms with Gasteiger partial charge in [-0.25, -0.2) is 4.79 Å². The van der Waals surface area contributed by atoms with E-state index >= 15 is 0 Å². The summed E-state index contributed by atoms with van der Waals surface area (Å²) in [4.78, 5) is 20.9. The second-order valence-corrected chi connectivity index (χ2v) is 5.87. The Balaban J connectivity index is 0.000000316. The van der Waals surface area contributed by atoms with E-state index in [1.165, 1.54) is 12.3 Å². The summed E-state index contributed by atoms with van der Waals surface area (Å²) in [7, 11) is 0. The number of nitro benzene ring substituents is 1. The lowest BCUT2D eigenvalue weighted by atomic mass is 10.2. The molecule has 1 aromatic heterocycles. The van der Waals surface area contributed by atoms with Crippen molar-refractivity contribution in [3.8, 4) is 5.69 Å². The third-order valence-electron chi connectivity index (χ3n) is 3.73. The molecule has 0 saturated carbocycles. The molecule has 0 radical (unpaired) electrons. The van der Waals surface area contributed by atoms with Gasteiger partial charge in [-0.2, -0.15) is 5.10 Å². The molecular weight excluding hydrogens is 400 g/mol. The number of nitrogens with two attached hydrogens (primary N) is 2. The van der Waals surface area contributed by atoms with Crippen LogP contribution in [0.5, 0.6) is 0 Å². The molecule has 0 unspecified atom stereocenters. The normalized spacial score (nSPS) is 10.5. The maximum absolute atomic E-state index is 11.1. The average Bonchev–Trinajstić information content (AvgIpc) is 3.22. The molecule has 2 aromatic carbocycles. The zero-order chi connectivity index (χ0) is 22.6. The molecule has 0 aliphatic carbocycles. The SMILES string of the molecule is NC(N)=NN=CC=Cc1cccn1-c1ccccc1[N+](=O)[O-].O=C(O)c1ccccc1. The molecule has 0 amide bonds. The first-order chi connectivity index (χ1) is 14.9. The molecule has 0 spiro atoms. The monoisotopic (exact) mass is 420 g/mol. The van der Waals surface area contributed by atoms with Crippen LogP contribution in [0.4, 0.5) is 5.69 Å². The Bertz CT molecular complexity index is 1120. The second-order valence-electron chi connectivity index (χ2n) is 5.87. The third-order valence-corrected chi connectivity index (χ3v) is 3.73. The molecule has 0 saturated heterocycles. The predicted molar refractivity (Wildman–Crippen MR) is 119 cm³/mol. The average molecular weight is 420 g/mol. The fraction of sp³-hybridized carbons (Fsp3) is 0. The van der Waals surface area contributed by atoms with Crippen molar-refractivity contribution >= 4 is 29.9 Å². The molecule has 158 valence electrons. The quantitative estimate of drug-likeness (QED) is 0.240. The minimum Gasteiger partial charge on any atom is -0.478 e. The molecule has 10 nitrogen and oxygen atoms in total. The number of carboxylic acid groups (broad SMARTS) is 1. The van der Waals surface area contributed by atoms with E-state index in [-0.39, 0.29) is 11.6 Å². The lowest BCUT2D eigenvalue weighted by molar-refractivity contribution is -0.384. The molecule has 10 heteroatoms. The molecule has 5 N–H and O–H groups in total. The van der Waals surface area contributed by atoms with E-state index in [0.717, 1.165) is 5.69 Å². The summed E-state index contributed by atoms with van der Waals surface area (Å²) in [6.45, 7) is 0. The first-order valence-electron chi connectivity index (χ1n) is 8.88. The van der Waals surface area contributed by atoms with Gasteiger partial charge in [0.15, 0.2) is 0 Å². The largest absolute Gasteiger partial charge is 0.478 e. The summed E-state index contributed by atoms with van der Waals surface area (Å²) in [5.41, 5.74) is 11.9. The number of nitrogens with zero attached hydrogens (tertiary/aromatic N) is 4. The first-order valence-corrected chi connectivity index (χ1v) is 8.88. The van der Waals surface area contributed by atoms with Crippen LogP contribution in [0.3, 0.4) is 0 Å². The number of benzene rings is 2. The van der Waals surface area contributed by atoms with Gasteiger partial charge in [0.1, 0.15) is 5.69 Å². The van der Waals surface area contributed by atoms with Gasteiger partial charge < -0.3 is 21.1 Å². The summed E-state index contributed by atoms with van der Waals surface area (Å²) in [5, 5.41) is 26.6. The second kappa shape index (κ2) is 11.3. The Kier molecular flexibility index (Phi) is 8.23. The van der Waals surface area contributed by atoms with Crippen LogP contribution in [0.1, 0.15) is 16.1 Å². The molecule has 3 aromatic rings. The number of allylic oxidation sites excluding steroid dienone is 1. The molecular formula is C21H20N6O4. The van der Waals surface area contributed by atoms with Crippen molar-refractivity contribution < 1.29 is 14.8 Å². The van der Waals surface area contributed by atoms with Crippen molar-refractivity contribution in [2.45, 2.75) is 0 Å². The Morgan fingerprint density at radius 2 is 1.71 bits per heavy atom. The molecule has 0 aliphatic rings. The van der Waals surface area contributed by atoms with Gasteiger partial charge >= 0.3 is 5.97 Å². The summed E-state index contributed by atoms with van der Waals surface area (Å²) < 4.78 is 1.71. The zero-order valence-corrected chi connectivity index (χ0v) is 16.3. The topological polar surface area (TPSA) is 162 Å². The third kappa shape index (κ3) is 6.98. The minimum absolute atomic E-state index is 0.0301. The number of nitro groups is 1. The van der Waals surface area contributed by atoms with Gasteiger partial charge in [0.05, 0.1) is 10.5 Å². The molecule has 0 atom stereocenters. The number of hydrogen-bond acceptors (Lipinski definition) is 5. The maximum atomic E-state index is 11.1. The van der Waals surface area contributed by atoms with Crippen LogP contribution in [0.15, 0.2) is 89.2 Å². The Morgan fingerprint density at radius 3 is 2.32 bits per heavy atom. The van der Waals surface area contributed by atoms with Crippen LogP contribution in [0, 0.1) is 10.1 Å². The summed E-state index contributed by atoms with van der Waals surface area (Å²) in [6.07, 6.45) is 6.53. The van der Waals surface area contributed by atoms with Gasteiger partial charge in [-0.1, -0.05) is 30.3 Å². The van der Waals surface area contributed by atoms with E-state index in [0.29, 0.717) is 11.3 Å². The van der Waals surface area contributed by atoms with Gasteiger partial charge in [-0.05, 0) is 42.5 Å². The van der Waals surface area contributed by atoms with Gasteiger partial charge in [0, 0.05) is 24.2 Å². The van der Waals surface area contributed by atoms with E-state index in [4.69, 9.17) is 16.6 Å². The fourth-order valence-corrected chi connectivity index (χ4v) is 2.43. The van der Waals surface area contributed by atoms with Crippen molar-refractivity contribution in [1.82, 2.24) is 4.57 Å². The van der Waals surface area contributed by atoms with E-state index in [1.54, 1.807) is 77.5 Å². The lowest BCUT2D eigenvalue weighted by Crippen LogP contribution is -2.21. The highest BCUT2D eigenvalue weighted by Crippen LogP contribution is 2.24. The van der Waals surface area contributed by atoms with Gasteiger partial charge in [-0.3, -0.25) is 10.1 Å². The van der Waals surface area contributed by atoms with E-state index in [2.05, 4.69) is 10.2 Å². The standard InChI is InChI=1S/C14H14N6O2.C7H6O2/c15-14(16)18-17-9-3-5-11-6-4-10-19(11)12-7-1-2-8-13(12)20(21)22;8-7(9)6-4-2-1-3-5-6/h1-10H,(H4,15,16,18);1-5H,(H,8,9). The molecule has 31 heavy (non-hydrogen) atoms. The first kappa shape index (κ1) is 22.6. The lowest BCUT2D eigenvalue weighted by Gasteiger charge is -2.06. The number of guanidine groups is 1. The summed E-state index contributed by atoms with van der Waals surface area (Å²) >= 11 is 0. The number of carboxylic acids is 1. The van der Waals surface area contributed by atoms with Crippen LogP contribution in [0.2, 0.25) is 0 Å².